The maximum atomic E-state index is 13.6. The van der Waals surface area contributed by atoms with Crippen LogP contribution in [0.4, 0.5) is 32.3 Å². The molecule has 1 amide bonds. The molecule has 0 fully saturated rings. The molecule has 0 bridgehead atoms. The second-order valence-electron chi connectivity index (χ2n) is 8.68. The summed E-state index contributed by atoms with van der Waals surface area (Å²) in [5, 5.41) is 0.151. The van der Waals surface area contributed by atoms with Gasteiger partial charge >= 0.3 is 6.09 Å². The van der Waals surface area contributed by atoms with E-state index in [2.05, 4.69) is 9.97 Å². The van der Waals surface area contributed by atoms with E-state index in [1.807, 2.05) is 30.1 Å². The van der Waals surface area contributed by atoms with E-state index in [0.717, 1.165) is 11.2 Å². The summed E-state index contributed by atoms with van der Waals surface area (Å²) < 4.78 is 21.0. The number of carbonyl (C=O) groups is 1. The Morgan fingerprint density at radius 2 is 1.74 bits per heavy atom. The van der Waals surface area contributed by atoms with Gasteiger partial charge in [-0.3, -0.25) is 0 Å². The number of fused-ring (bicyclic) bond motifs is 1. The molecule has 10 heteroatoms. The first kappa shape index (κ1) is 23.4. The Morgan fingerprint density at radius 1 is 1.06 bits per heavy atom. The molecule has 8 nitrogen and oxygen atoms in total. The first-order valence-electron chi connectivity index (χ1n) is 10.5. The second-order valence-corrected chi connectivity index (χ2v) is 9.02. The Hall–Kier alpha value is -3.72. The molecule has 0 radical (unpaired) electrons. The molecular formula is C24H24ClFN6O2. The average molecular weight is 483 g/mol. The highest BCUT2D eigenvalue weighted by Gasteiger charge is 2.29. The van der Waals surface area contributed by atoms with Crippen molar-refractivity contribution in [1.82, 2.24) is 19.5 Å². The molecule has 2 aromatic heterocycles. The lowest BCUT2D eigenvalue weighted by Crippen LogP contribution is -2.35. The lowest BCUT2D eigenvalue weighted by atomic mass is 10.2. The molecule has 0 aliphatic heterocycles. The van der Waals surface area contributed by atoms with Crippen LogP contribution in [0.2, 0.25) is 5.28 Å². The number of amides is 1. The van der Waals surface area contributed by atoms with Crippen molar-refractivity contribution in [1.29, 1.82) is 0 Å². The van der Waals surface area contributed by atoms with E-state index in [0.29, 0.717) is 23.0 Å². The van der Waals surface area contributed by atoms with Gasteiger partial charge in [0.15, 0.2) is 0 Å². The topological polar surface area (TPSA) is 76.4 Å². The zero-order valence-corrected chi connectivity index (χ0v) is 20.2. The minimum Gasteiger partial charge on any atom is -0.443 e. The molecular weight excluding hydrogens is 459 g/mol. The highest BCUT2D eigenvalue weighted by molar-refractivity contribution is 6.28. The summed E-state index contributed by atoms with van der Waals surface area (Å²) in [5.41, 5.74) is 1.97. The molecule has 0 saturated heterocycles. The summed E-state index contributed by atoms with van der Waals surface area (Å²) in [5.74, 6) is 0.549. The number of nitrogens with zero attached hydrogens (tertiary/aromatic N) is 6. The van der Waals surface area contributed by atoms with Crippen LogP contribution in [0.3, 0.4) is 0 Å². The van der Waals surface area contributed by atoms with Gasteiger partial charge in [0.25, 0.3) is 0 Å². The van der Waals surface area contributed by atoms with Crippen LogP contribution in [-0.4, -0.2) is 38.3 Å². The van der Waals surface area contributed by atoms with Crippen LogP contribution < -0.4 is 9.80 Å². The first-order chi connectivity index (χ1) is 16.0. The molecule has 0 unspecified atom stereocenters. The zero-order chi connectivity index (χ0) is 24.6. The third-order valence-corrected chi connectivity index (χ3v) is 5.23. The van der Waals surface area contributed by atoms with Gasteiger partial charge in [-0.15, -0.1) is 0 Å². The fraction of sp³-hybridized carbons (Fsp3) is 0.250. The van der Waals surface area contributed by atoms with Crippen molar-refractivity contribution in [2.45, 2.75) is 26.4 Å². The fourth-order valence-electron chi connectivity index (χ4n) is 3.43. The Morgan fingerprint density at radius 3 is 2.38 bits per heavy atom. The zero-order valence-electron chi connectivity index (χ0n) is 19.5. The van der Waals surface area contributed by atoms with Gasteiger partial charge in [-0.05, 0) is 80.9 Å². The third kappa shape index (κ3) is 4.79. The number of aryl methyl sites for hydroxylation is 1. The quantitative estimate of drug-likeness (QED) is 0.332. The summed E-state index contributed by atoms with van der Waals surface area (Å²) in [6.45, 7) is 5.35. The van der Waals surface area contributed by atoms with Crippen LogP contribution >= 0.6 is 11.6 Å². The van der Waals surface area contributed by atoms with Crippen LogP contribution in [0.15, 0.2) is 54.7 Å². The number of rotatable bonds is 4. The van der Waals surface area contributed by atoms with Crippen molar-refractivity contribution in [3.05, 3.63) is 65.8 Å². The predicted molar refractivity (Wildman–Crippen MR) is 131 cm³/mol. The van der Waals surface area contributed by atoms with Gasteiger partial charge in [-0.25, -0.2) is 29.0 Å². The summed E-state index contributed by atoms with van der Waals surface area (Å²) in [7, 11) is 3.66. The molecule has 2 heterocycles. The van der Waals surface area contributed by atoms with Gasteiger partial charge < -0.3 is 14.2 Å². The SMILES string of the molecule is CN(c1ccc2c(c1)nc(N(C(=O)OC(C)(C)C)c1ccc(F)cc1)n2C)c1ccnc(Cl)n1. The number of carbonyl (C=O) groups excluding carboxylic acids is 1. The highest BCUT2D eigenvalue weighted by Crippen LogP contribution is 2.32. The molecule has 0 atom stereocenters. The van der Waals surface area contributed by atoms with Gasteiger partial charge in [0, 0.05) is 26.0 Å². The van der Waals surface area contributed by atoms with E-state index >= 15 is 0 Å². The Labute approximate surface area is 201 Å². The standard InChI is InChI=1S/C24H24ClFN6O2/c1-24(2,3)34-23(33)32(16-8-6-15(26)7-9-16)22-28-18-14-17(10-11-19(18)31(22)5)30(4)20-12-13-27-21(25)29-20/h6-14H,1-5H3. The van der Waals surface area contributed by atoms with Crippen LogP contribution in [-0.2, 0) is 11.8 Å². The van der Waals surface area contributed by atoms with Gasteiger partial charge in [0.2, 0.25) is 11.2 Å². The third-order valence-electron chi connectivity index (χ3n) is 5.04. The number of aromatic nitrogens is 4. The van der Waals surface area contributed by atoms with Crippen LogP contribution in [0.25, 0.3) is 11.0 Å². The number of halogens is 2. The normalized spacial score (nSPS) is 11.5. The summed E-state index contributed by atoms with van der Waals surface area (Å²) in [6, 6.07) is 13.0. The van der Waals surface area contributed by atoms with Crippen molar-refractivity contribution >= 4 is 51.9 Å². The van der Waals surface area contributed by atoms with Crippen molar-refractivity contribution in [2.75, 3.05) is 16.8 Å². The van der Waals surface area contributed by atoms with Crippen molar-refractivity contribution < 1.29 is 13.9 Å². The molecule has 4 rings (SSSR count). The van der Waals surface area contributed by atoms with Crippen LogP contribution in [0.5, 0.6) is 0 Å². The van der Waals surface area contributed by atoms with E-state index in [1.54, 1.807) is 44.6 Å². The fourth-order valence-corrected chi connectivity index (χ4v) is 3.57. The van der Waals surface area contributed by atoms with Gasteiger partial charge in [-0.2, -0.15) is 0 Å². The molecule has 0 aliphatic carbocycles. The largest absolute Gasteiger partial charge is 0.443 e. The van der Waals surface area contributed by atoms with E-state index in [1.165, 1.54) is 29.2 Å². The van der Waals surface area contributed by atoms with Crippen molar-refractivity contribution in [2.24, 2.45) is 7.05 Å². The minimum absolute atomic E-state index is 0.151. The number of benzene rings is 2. The lowest BCUT2D eigenvalue weighted by molar-refractivity contribution is 0.0596. The summed E-state index contributed by atoms with van der Waals surface area (Å²) in [4.78, 5) is 29.3. The van der Waals surface area contributed by atoms with E-state index in [-0.39, 0.29) is 5.28 Å². The van der Waals surface area contributed by atoms with E-state index in [9.17, 15) is 9.18 Å². The molecule has 34 heavy (non-hydrogen) atoms. The number of anilines is 4. The highest BCUT2D eigenvalue weighted by atomic mass is 35.5. The maximum Gasteiger partial charge on any atom is 0.421 e. The molecule has 176 valence electrons. The van der Waals surface area contributed by atoms with Gasteiger partial charge in [-0.1, -0.05) is 0 Å². The van der Waals surface area contributed by atoms with Crippen molar-refractivity contribution in [3.63, 3.8) is 0 Å². The predicted octanol–water partition coefficient (Wildman–Crippen LogP) is 6.00. The first-order valence-corrected chi connectivity index (χ1v) is 10.9. The Bertz CT molecular complexity index is 1350. The maximum absolute atomic E-state index is 13.6. The minimum atomic E-state index is -0.728. The summed E-state index contributed by atoms with van der Waals surface area (Å²) >= 11 is 5.94. The van der Waals surface area contributed by atoms with Crippen LogP contribution in [0, 0.1) is 5.82 Å². The van der Waals surface area contributed by atoms with E-state index < -0.39 is 17.5 Å². The molecule has 2 aromatic carbocycles. The van der Waals surface area contributed by atoms with Gasteiger partial charge in [0.05, 0.1) is 16.7 Å². The number of imidazole rings is 1. The Kier molecular flexibility index (Phi) is 6.14. The average Bonchev–Trinajstić information content (AvgIpc) is 3.09. The monoisotopic (exact) mass is 482 g/mol. The number of ether oxygens (including phenoxy) is 1. The molecule has 4 aromatic rings. The molecule has 0 N–H and O–H groups in total. The number of hydrogen-bond acceptors (Lipinski definition) is 6. The number of hydrogen-bond donors (Lipinski definition) is 0. The van der Waals surface area contributed by atoms with Crippen LogP contribution in [0.1, 0.15) is 20.8 Å². The van der Waals surface area contributed by atoms with Crippen molar-refractivity contribution in [3.8, 4) is 0 Å². The van der Waals surface area contributed by atoms with E-state index in [4.69, 9.17) is 21.3 Å². The molecule has 0 aliphatic rings. The second kappa shape index (κ2) is 8.90. The molecule has 0 spiro atoms. The summed E-state index contributed by atoms with van der Waals surface area (Å²) in [6.07, 6.45) is 0.963. The Balaban J connectivity index is 1.79. The lowest BCUT2D eigenvalue weighted by Gasteiger charge is -2.26. The molecule has 0 saturated carbocycles. The van der Waals surface area contributed by atoms with Gasteiger partial charge in [0.1, 0.15) is 17.2 Å². The smallest absolute Gasteiger partial charge is 0.421 e.